The van der Waals surface area contributed by atoms with Crippen molar-refractivity contribution in [3.63, 3.8) is 0 Å². The predicted octanol–water partition coefficient (Wildman–Crippen LogP) is 3.48. The van der Waals surface area contributed by atoms with Crippen LogP contribution >= 0.6 is 0 Å². The Kier molecular flexibility index (Phi) is 4.86. The van der Waals surface area contributed by atoms with Crippen LogP contribution < -0.4 is 5.32 Å². The summed E-state index contributed by atoms with van der Waals surface area (Å²) >= 11 is 0. The highest BCUT2D eigenvalue weighted by atomic mass is 16.3. The highest BCUT2D eigenvalue weighted by Crippen LogP contribution is 2.20. The second-order valence-corrected chi connectivity index (χ2v) is 7.24. The van der Waals surface area contributed by atoms with Crippen molar-refractivity contribution in [1.29, 1.82) is 0 Å². The third-order valence-corrected chi connectivity index (χ3v) is 5.37. The standard InChI is InChI=1S/C22H23N3O3/c1-14-19(13-16-5-3-4-6-20(16)23-14)22(27)25-10-7-17(8-11-25)24-21(26)18-9-12-28-15(18)2/h3-6,9,12-13,17H,7-8,10-11H2,1-2H3,(H,24,26). The second-order valence-electron chi connectivity index (χ2n) is 7.24. The van der Waals surface area contributed by atoms with Gasteiger partial charge in [0.2, 0.25) is 0 Å². The fraction of sp³-hybridized carbons (Fsp3) is 0.318. The van der Waals surface area contributed by atoms with E-state index in [-0.39, 0.29) is 17.9 Å². The van der Waals surface area contributed by atoms with E-state index in [9.17, 15) is 9.59 Å². The van der Waals surface area contributed by atoms with Gasteiger partial charge in [0.05, 0.1) is 28.6 Å². The van der Waals surface area contributed by atoms with Gasteiger partial charge in [0.25, 0.3) is 11.8 Å². The van der Waals surface area contributed by atoms with Crippen LogP contribution in [0.25, 0.3) is 10.9 Å². The Morgan fingerprint density at radius 1 is 1.11 bits per heavy atom. The van der Waals surface area contributed by atoms with Crippen molar-refractivity contribution in [2.45, 2.75) is 32.7 Å². The number of hydrogen-bond acceptors (Lipinski definition) is 4. The van der Waals surface area contributed by atoms with Gasteiger partial charge in [-0.05, 0) is 44.9 Å². The highest BCUT2D eigenvalue weighted by molar-refractivity contribution is 5.99. The van der Waals surface area contributed by atoms with Gasteiger partial charge < -0.3 is 14.6 Å². The van der Waals surface area contributed by atoms with Crippen LogP contribution in [-0.2, 0) is 0 Å². The van der Waals surface area contributed by atoms with Crippen molar-refractivity contribution >= 4 is 22.7 Å². The molecule has 6 nitrogen and oxygen atoms in total. The van der Waals surface area contributed by atoms with E-state index in [4.69, 9.17) is 4.42 Å². The molecular formula is C22H23N3O3. The number of aromatic nitrogens is 1. The molecular weight excluding hydrogens is 354 g/mol. The number of para-hydroxylation sites is 1. The van der Waals surface area contributed by atoms with E-state index in [1.54, 1.807) is 13.0 Å². The number of hydrogen-bond donors (Lipinski definition) is 1. The second kappa shape index (κ2) is 7.46. The number of amides is 2. The predicted molar refractivity (Wildman–Crippen MR) is 106 cm³/mol. The molecule has 3 heterocycles. The minimum absolute atomic E-state index is 0.00575. The molecule has 1 fully saturated rings. The Morgan fingerprint density at radius 3 is 2.57 bits per heavy atom. The van der Waals surface area contributed by atoms with Gasteiger partial charge in [0.1, 0.15) is 5.76 Å². The Morgan fingerprint density at radius 2 is 1.86 bits per heavy atom. The van der Waals surface area contributed by atoms with Crippen molar-refractivity contribution < 1.29 is 14.0 Å². The number of carbonyl (C=O) groups excluding carboxylic acids is 2. The number of furan rings is 1. The number of fused-ring (bicyclic) bond motifs is 1. The van der Waals surface area contributed by atoms with Crippen LogP contribution in [0.2, 0.25) is 0 Å². The summed E-state index contributed by atoms with van der Waals surface area (Å²) in [4.78, 5) is 31.8. The summed E-state index contributed by atoms with van der Waals surface area (Å²) in [5.41, 5.74) is 2.86. The third-order valence-electron chi connectivity index (χ3n) is 5.37. The number of rotatable bonds is 3. The lowest BCUT2D eigenvalue weighted by molar-refractivity contribution is 0.0697. The summed E-state index contributed by atoms with van der Waals surface area (Å²) in [7, 11) is 0. The molecule has 0 saturated carbocycles. The SMILES string of the molecule is Cc1nc2ccccc2cc1C(=O)N1CCC(NC(=O)c2ccoc2C)CC1. The Labute approximate surface area is 163 Å². The summed E-state index contributed by atoms with van der Waals surface area (Å²) in [6.45, 7) is 4.87. The maximum absolute atomic E-state index is 13.0. The molecule has 1 aliphatic heterocycles. The van der Waals surface area contributed by atoms with Gasteiger partial charge >= 0.3 is 0 Å². The first kappa shape index (κ1) is 18.2. The molecule has 0 spiro atoms. The van der Waals surface area contributed by atoms with Crippen molar-refractivity contribution in [2.24, 2.45) is 0 Å². The largest absolute Gasteiger partial charge is 0.469 e. The van der Waals surface area contributed by atoms with E-state index in [1.807, 2.05) is 42.2 Å². The lowest BCUT2D eigenvalue weighted by Gasteiger charge is -2.32. The quantitative estimate of drug-likeness (QED) is 0.758. The topological polar surface area (TPSA) is 75.4 Å². The summed E-state index contributed by atoms with van der Waals surface area (Å²) in [6, 6.07) is 11.5. The van der Waals surface area contributed by atoms with Crippen LogP contribution in [0.4, 0.5) is 0 Å². The third kappa shape index (κ3) is 3.50. The molecule has 0 aliphatic carbocycles. The van der Waals surface area contributed by atoms with E-state index >= 15 is 0 Å². The first-order chi connectivity index (χ1) is 13.5. The van der Waals surface area contributed by atoms with Crippen LogP contribution in [0, 0.1) is 13.8 Å². The molecule has 0 bridgehead atoms. The number of carbonyl (C=O) groups is 2. The average Bonchev–Trinajstić information content (AvgIpc) is 3.13. The van der Waals surface area contributed by atoms with E-state index in [0.717, 1.165) is 29.4 Å². The molecule has 1 aromatic carbocycles. The van der Waals surface area contributed by atoms with Gasteiger partial charge in [-0.2, -0.15) is 0 Å². The van der Waals surface area contributed by atoms with E-state index in [2.05, 4.69) is 10.3 Å². The molecule has 28 heavy (non-hydrogen) atoms. The van der Waals surface area contributed by atoms with Gasteiger partial charge in [-0.15, -0.1) is 0 Å². The maximum Gasteiger partial charge on any atom is 0.255 e. The zero-order valence-electron chi connectivity index (χ0n) is 16.1. The summed E-state index contributed by atoms with van der Waals surface area (Å²) in [6.07, 6.45) is 2.98. The van der Waals surface area contributed by atoms with E-state index in [1.165, 1.54) is 6.26 Å². The minimum Gasteiger partial charge on any atom is -0.469 e. The van der Waals surface area contributed by atoms with Crippen LogP contribution in [0.5, 0.6) is 0 Å². The normalized spacial score (nSPS) is 15.0. The van der Waals surface area contributed by atoms with Crippen LogP contribution in [-0.4, -0.2) is 40.8 Å². The molecule has 0 radical (unpaired) electrons. The minimum atomic E-state index is -0.120. The maximum atomic E-state index is 13.0. The first-order valence-electron chi connectivity index (χ1n) is 9.53. The van der Waals surface area contributed by atoms with Crippen LogP contribution in [0.1, 0.15) is 45.0 Å². The fourth-order valence-electron chi connectivity index (χ4n) is 3.71. The molecule has 6 heteroatoms. The van der Waals surface area contributed by atoms with Crippen molar-refractivity contribution in [3.05, 3.63) is 65.2 Å². The van der Waals surface area contributed by atoms with Gasteiger partial charge in [-0.1, -0.05) is 18.2 Å². The molecule has 1 aliphatic rings. The number of benzene rings is 1. The lowest BCUT2D eigenvalue weighted by atomic mass is 10.0. The number of nitrogens with one attached hydrogen (secondary N) is 1. The Balaban J connectivity index is 1.41. The molecule has 4 rings (SSSR count). The Bertz CT molecular complexity index is 1030. The van der Waals surface area contributed by atoms with Crippen LogP contribution in [0.3, 0.4) is 0 Å². The molecule has 144 valence electrons. The van der Waals surface area contributed by atoms with Crippen molar-refractivity contribution in [3.8, 4) is 0 Å². The van der Waals surface area contributed by atoms with Crippen molar-refractivity contribution in [2.75, 3.05) is 13.1 Å². The van der Waals surface area contributed by atoms with Gasteiger partial charge in [-0.25, -0.2) is 0 Å². The number of pyridine rings is 1. The zero-order chi connectivity index (χ0) is 19.7. The molecule has 2 amide bonds. The van der Waals surface area contributed by atoms with Gasteiger partial charge in [0.15, 0.2) is 0 Å². The van der Waals surface area contributed by atoms with Crippen molar-refractivity contribution in [1.82, 2.24) is 15.2 Å². The Hall–Kier alpha value is -3.15. The molecule has 0 atom stereocenters. The summed E-state index contributed by atoms with van der Waals surface area (Å²) in [5, 5.41) is 4.01. The molecule has 1 N–H and O–H groups in total. The number of aryl methyl sites for hydroxylation is 2. The smallest absolute Gasteiger partial charge is 0.255 e. The summed E-state index contributed by atoms with van der Waals surface area (Å²) in [5.74, 6) is 0.501. The lowest BCUT2D eigenvalue weighted by Crippen LogP contribution is -2.46. The van der Waals surface area contributed by atoms with Gasteiger partial charge in [0, 0.05) is 24.5 Å². The molecule has 3 aromatic rings. The molecule has 0 unspecified atom stereocenters. The number of nitrogens with zero attached hydrogens (tertiary/aromatic N) is 2. The summed E-state index contributed by atoms with van der Waals surface area (Å²) < 4.78 is 5.19. The fourth-order valence-corrected chi connectivity index (χ4v) is 3.71. The van der Waals surface area contributed by atoms with Crippen LogP contribution in [0.15, 0.2) is 47.1 Å². The molecule has 1 saturated heterocycles. The molecule has 2 aromatic heterocycles. The monoisotopic (exact) mass is 377 g/mol. The van der Waals surface area contributed by atoms with E-state index in [0.29, 0.717) is 30.0 Å². The number of likely N-dealkylation sites (tertiary alicyclic amines) is 1. The highest BCUT2D eigenvalue weighted by Gasteiger charge is 2.26. The number of piperidine rings is 1. The van der Waals surface area contributed by atoms with E-state index < -0.39 is 0 Å². The first-order valence-corrected chi connectivity index (χ1v) is 9.53. The zero-order valence-corrected chi connectivity index (χ0v) is 16.1. The average molecular weight is 377 g/mol. The van der Waals surface area contributed by atoms with Gasteiger partial charge in [-0.3, -0.25) is 14.6 Å².